The molecule has 0 fully saturated rings. The van der Waals surface area contributed by atoms with Crippen LogP contribution in [-0.2, 0) is 10.8 Å². The molecular weight excluding hydrogens is 314 g/mol. The Morgan fingerprint density at radius 2 is 2.00 bits per heavy atom. The number of ether oxygens (including phenoxy) is 1. The third-order valence-electron chi connectivity index (χ3n) is 4.95. The molecule has 0 aliphatic carbocycles. The predicted molar refractivity (Wildman–Crippen MR) is 96.9 cm³/mol. The largest absolute Gasteiger partial charge is 0.495 e. The second-order valence-electron chi connectivity index (χ2n) is 7.60. The fourth-order valence-electron chi connectivity index (χ4n) is 2.37. The van der Waals surface area contributed by atoms with Crippen molar-refractivity contribution in [2.45, 2.75) is 57.8 Å². The van der Waals surface area contributed by atoms with Gasteiger partial charge >= 0.3 is 0 Å². The van der Waals surface area contributed by atoms with Crippen LogP contribution in [0.2, 0.25) is 23.2 Å². The molecule has 2 rings (SSSR count). The van der Waals surface area contributed by atoms with Gasteiger partial charge in [-0.2, -0.15) is 0 Å². The van der Waals surface area contributed by atoms with Crippen LogP contribution in [0.25, 0.3) is 0 Å². The Kier molecular flexibility index (Phi) is 5.15. The SMILES string of the molecule is COc1cc2c(cc1Cl)N[C@@H](CO[Si](C)(C)C(C)(C)C)CC2. The summed E-state index contributed by atoms with van der Waals surface area (Å²) in [6.07, 6.45) is 2.10. The summed E-state index contributed by atoms with van der Waals surface area (Å²) in [5, 5.41) is 4.47. The van der Waals surface area contributed by atoms with Gasteiger partial charge in [-0.1, -0.05) is 32.4 Å². The lowest BCUT2D eigenvalue weighted by atomic mass is 9.98. The van der Waals surface area contributed by atoms with E-state index in [9.17, 15) is 0 Å². The van der Waals surface area contributed by atoms with Crippen molar-refractivity contribution in [1.29, 1.82) is 0 Å². The van der Waals surface area contributed by atoms with E-state index in [0.717, 1.165) is 30.9 Å². The minimum atomic E-state index is -1.69. The van der Waals surface area contributed by atoms with E-state index in [1.807, 2.05) is 12.1 Å². The molecule has 0 radical (unpaired) electrons. The second-order valence-corrected chi connectivity index (χ2v) is 12.8. The first-order chi connectivity index (χ1) is 10.1. The summed E-state index contributed by atoms with van der Waals surface area (Å²) in [5.74, 6) is 0.748. The third-order valence-corrected chi connectivity index (χ3v) is 9.75. The summed E-state index contributed by atoms with van der Waals surface area (Å²) in [4.78, 5) is 0. The van der Waals surface area contributed by atoms with Crippen molar-refractivity contribution in [2.24, 2.45) is 0 Å². The summed E-state index contributed by atoms with van der Waals surface area (Å²) in [6, 6.07) is 4.36. The third kappa shape index (κ3) is 3.78. The Balaban J connectivity index is 2.02. The van der Waals surface area contributed by atoms with Gasteiger partial charge in [-0.05, 0) is 48.7 Å². The van der Waals surface area contributed by atoms with Gasteiger partial charge in [0, 0.05) is 11.7 Å². The molecule has 1 aromatic carbocycles. The van der Waals surface area contributed by atoms with E-state index < -0.39 is 8.32 Å². The maximum atomic E-state index is 6.34. The molecule has 1 aliphatic heterocycles. The van der Waals surface area contributed by atoms with Crippen LogP contribution in [-0.4, -0.2) is 28.1 Å². The van der Waals surface area contributed by atoms with Crippen LogP contribution in [0.5, 0.6) is 5.75 Å². The number of fused-ring (bicyclic) bond motifs is 1. The van der Waals surface area contributed by atoms with Crippen LogP contribution in [0.1, 0.15) is 32.8 Å². The molecule has 0 bridgehead atoms. The van der Waals surface area contributed by atoms with Crippen molar-refractivity contribution in [1.82, 2.24) is 0 Å². The van der Waals surface area contributed by atoms with E-state index in [-0.39, 0.29) is 5.04 Å². The smallest absolute Gasteiger partial charge is 0.192 e. The van der Waals surface area contributed by atoms with E-state index in [1.54, 1.807) is 7.11 Å². The van der Waals surface area contributed by atoms with Gasteiger partial charge in [-0.3, -0.25) is 0 Å². The number of halogens is 1. The molecule has 0 spiro atoms. The highest BCUT2D eigenvalue weighted by atomic mass is 35.5. The Morgan fingerprint density at radius 3 is 2.59 bits per heavy atom. The van der Waals surface area contributed by atoms with Crippen LogP contribution in [0, 0.1) is 0 Å². The molecule has 0 aromatic heterocycles. The zero-order valence-electron chi connectivity index (χ0n) is 14.5. The molecule has 22 heavy (non-hydrogen) atoms. The molecule has 5 heteroatoms. The summed E-state index contributed by atoms with van der Waals surface area (Å²) >= 11 is 6.23. The van der Waals surface area contributed by atoms with Gasteiger partial charge in [0.25, 0.3) is 0 Å². The normalized spacial score (nSPS) is 18.6. The average molecular weight is 342 g/mol. The van der Waals surface area contributed by atoms with Crippen LogP contribution >= 0.6 is 11.6 Å². The maximum absolute atomic E-state index is 6.34. The minimum absolute atomic E-state index is 0.246. The van der Waals surface area contributed by atoms with Gasteiger partial charge in [-0.25, -0.2) is 0 Å². The highest BCUT2D eigenvalue weighted by Crippen LogP contribution is 2.38. The van der Waals surface area contributed by atoms with E-state index >= 15 is 0 Å². The van der Waals surface area contributed by atoms with E-state index in [4.69, 9.17) is 20.8 Å². The second kappa shape index (κ2) is 6.42. The molecule has 1 N–H and O–H groups in total. The van der Waals surface area contributed by atoms with E-state index in [1.165, 1.54) is 5.56 Å². The number of aryl methyl sites for hydroxylation is 1. The summed E-state index contributed by atoms with van der Waals surface area (Å²) < 4.78 is 11.6. The number of anilines is 1. The van der Waals surface area contributed by atoms with Crippen molar-refractivity contribution in [3.8, 4) is 5.75 Å². The number of rotatable bonds is 4. The highest BCUT2D eigenvalue weighted by molar-refractivity contribution is 6.74. The van der Waals surface area contributed by atoms with Gasteiger partial charge < -0.3 is 14.5 Å². The van der Waals surface area contributed by atoms with Crippen molar-refractivity contribution >= 4 is 25.6 Å². The van der Waals surface area contributed by atoms with Crippen molar-refractivity contribution in [2.75, 3.05) is 19.0 Å². The number of hydrogen-bond donors (Lipinski definition) is 1. The zero-order valence-corrected chi connectivity index (χ0v) is 16.3. The minimum Gasteiger partial charge on any atom is -0.495 e. The van der Waals surface area contributed by atoms with Gasteiger partial charge in [0.2, 0.25) is 0 Å². The molecular formula is C17H28ClNO2Si. The molecule has 0 amide bonds. The van der Waals surface area contributed by atoms with Gasteiger partial charge in [0.1, 0.15) is 5.75 Å². The molecule has 124 valence electrons. The van der Waals surface area contributed by atoms with Gasteiger partial charge in [0.05, 0.1) is 18.7 Å². The quantitative estimate of drug-likeness (QED) is 0.773. The monoisotopic (exact) mass is 341 g/mol. The lowest BCUT2D eigenvalue weighted by Crippen LogP contribution is -2.44. The average Bonchev–Trinajstić information content (AvgIpc) is 2.43. The lowest BCUT2D eigenvalue weighted by Gasteiger charge is -2.38. The molecule has 3 nitrogen and oxygen atoms in total. The van der Waals surface area contributed by atoms with Gasteiger partial charge in [0.15, 0.2) is 8.32 Å². The first kappa shape index (κ1) is 17.6. The summed E-state index contributed by atoms with van der Waals surface area (Å²) in [5.41, 5.74) is 2.38. The Morgan fingerprint density at radius 1 is 1.32 bits per heavy atom. The van der Waals surface area contributed by atoms with Crippen LogP contribution in [0.15, 0.2) is 12.1 Å². The molecule has 1 aromatic rings. The Bertz CT molecular complexity index is 540. The van der Waals surface area contributed by atoms with Crippen LogP contribution in [0.4, 0.5) is 5.69 Å². The van der Waals surface area contributed by atoms with Crippen molar-refractivity contribution in [3.63, 3.8) is 0 Å². The Labute approximate surface area is 140 Å². The fourth-order valence-corrected chi connectivity index (χ4v) is 3.66. The maximum Gasteiger partial charge on any atom is 0.192 e. The van der Waals surface area contributed by atoms with Crippen molar-refractivity contribution < 1.29 is 9.16 Å². The Hall–Kier alpha value is -0.713. The van der Waals surface area contributed by atoms with E-state index in [2.05, 4.69) is 39.2 Å². The predicted octanol–water partition coefficient (Wildman–Crippen LogP) is 5.10. The fraction of sp³-hybridized carbons (Fsp3) is 0.647. The zero-order chi connectivity index (χ0) is 16.5. The number of hydrogen-bond acceptors (Lipinski definition) is 3. The lowest BCUT2D eigenvalue weighted by molar-refractivity contribution is 0.264. The molecule has 1 atom stereocenters. The van der Waals surface area contributed by atoms with Crippen molar-refractivity contribution in [3.05, 3.63) is 22.7 Å². The molecule has 0 saturated carbocycles. The summed E-state index contributed by atoms with van der Waals surface area (Å²) in [7, 11) is -0.0397. The molecule has 1 aliphatic rings. The molecule has 1 heterocycles. The van der Waals surface area contributed by atoms with Crippen LogP contribution < -0.4 is 10.1 Å². The molecule has 0 saturated heterocycles. The first-order valence-electron chi connectivity index (χ1n) is 7.91. The topological polar surface area (TPSA) is 30.5 Å². The number of methoxy groups -OCH3 is 1. The summed E-state index contributed by atoms with van der Waals surface area (Å²) in [6.45, 7) is 12.2. The van der Waals surface area contributed by atoms with Gasteiger partial charge in [-0.15, -0.1) is 0 Å². The first-order valence-corrected chi connectivity index (χ1v) is 11.2. The highest BCUT2D eigenvalue weighted by Gasteiger charge is 2.37. The standard InChI is InChI=1S/C17H28ClNO2Si/c1-17(2,3)22(5,6)21-11-13-8-7-12-9-16(20-4)14(18)10-15(12)19-13/h9-10,13,19H,7-8,11H2,1-6H3/t13-/m1/s1. The van der Waals surface area contributed by atoms with Crippen LogP contribution in [0.3, 0.4) is 0 Å². The molecule has 0 unspecified atom stereocenters. The number of nitrogens with one attached hydrogen (secondary N) is 1. The van der Waals surface area contributed by atoms with E-state index in [0.29, 0.717) is 11.1 Å². The number of benzene rings is 1.